The van der Waals surface area contributed by atoms with Crippen LogP contribution in [0.5, 0.6) is 0 Å². The zero-order chi connectivity index (χ0) is 7.56. The number of carbonyl (C=O) groups is 1. The van der Waals surface area contributed by atoms with Gasteiger partial charge in [-0.05, 0) is 18.3 Å². The fourth-order valence-electron chi connectivity index (χ4n) is 1.50. The van der Waals surface area contributed by atoms with Gasteiger partial charge in [-0.15, -0.1) is 0 Å². The summed E-state index contributed by atoms with van der Waals surface area (Å²) in [4.78, 5) is 10.7. The molecule has 0 aromatic rings. The van der Waals surface area contributed by atoms with Crippen LogP contribution in [0.15, 0.2) is 0 Å². The summed E-state index contributed by atoms with van der Waals surface area (Å²) in [6.45, 7) is 5.29. The molecule has 0 aromatic carbocycles. The number of carbonyl (C=O) groups excluding carboxylic acids is 1. The first-order chi connectivity index (χ1) is 4.68. The van der Waals surface area contributed by atoms with Crippen LogP contribution >= 0.6 is 0 Å². The van der Waals surface area contributed by atoms with Crippen molar-refractivity contribution in [3.63, 3.8) is 0 Å². The maximum Gasteiger partial charge on any atom is 0.220 e. The molecule has 1 amide bonds. The third kappa shape index (κ3) is 3.40. The molecule has 0 radical (unpaired) electrons. The molecule has 0 saturated carbocycles. The molecular weight excluding hydrogens is 138 g/mol. The number of amides is 1. The van der Waals surface area contributed by atoms with Crippen molar-refractivity contribution in [2.75, 3.05) is 6.54 Å². The molecule has 1 fully saturated rings. The van der Waals surface area contributed by atoms with Crippen LogP contribution in [0.25, 0.3) is 0 Å². The van der Waals surface area contributed by atoms with Crippen LogP contribution in [-0.2, 0) is 4.79 Å². The minimum atomic E-state index is 0. The molecule has 0 aliphatic carbocycles. The predicted molar refractivity (Wildman–Crippen MR) is 47.3 cm³/mol. The Bertz CT molecular complexity index is 132. The Labute approximate surface area is 69.4 Å². The molecule has 0 bridgehead atoms. The van der Waals surface area contributed by atoms with Crippen LogP contribution in [0.1, 0.15) is 34.1 Å². The first kappa shape index (κ1) is 10.5. The summed E-state index contributed by atoms with van der Waals surface area (Å²) >= 11 is 0. The Kier molecular flexibility index (Phi) is 4.16. The molecule has 0 aromatic heterocycles. The van der Waals surface area contributed by atoms with Gasteiger partial charge in [0, 0.05) is 13.0 Å². The van der Waals surface area contributed by atoms with Gasteiger partial charge in [-0.25, -0.2) is 0 Å². The van der Waals surface area contributed by atoms with Gasteiger partial charge in [0.15, 0.2) is 0 Å². The molecule has 1 aliphatic rings. The fraction of sp³-hybridized carbons (Fsp3) is 0.889. The van der Waals surface area contributed by atoms with Crippen molar-refractivity contribution >= 4 is 5.91 Å². The topological polar surface area (TPSA) is 29.1 Å². The SMILES string of the molecule is C.CC(C)C[C@@H]1CNC(=O)C1. The Hall–Kier alpha value is -0.530. The van der Waals surface area contributed by atoms with Gasteiger partial charge in [-0.1, -0.05) is 21.3 Å². The first-order valence-corrected chi connectivity index (χ1v) is 3.95. The molecule has 1 N–H and O–H groups in total. The van der Waals surface area contributed by atoms with Crippen LogP contribution in [0.3, 0.4) is 0 Å². The predicted octanol–water partition coefficient (Wildman–Crippen LogP) is 1.80. The Morgan fingerprint density at radius 1 is 1.64 bits per heavy atom. The smallest absolute Gasteiger partial charge is 0.220 e. The highest BCUT2D eigenvalue weighted by molar-refractivity contribution is 5.78. The van der Waals surface area contributed by atoms with Gasteiger partial charge in [0.05, 0.1) is 0 Å². The number of rotatable bonds is 2. The molecule has 0 unspecified atom stereocenters. The lowest BCUT2D eigenvalue weighted by atomic mass is 9.97. The third-order valence-corrected chi connectivity index (χ3v) is 1.87. The van der Waals surface area contributed by atoms with Crippen molar-refractivity contribution in [1.82, 2.24) is 5.32 Å². The summed E-state index contributed by atoms with van der Waals surface area (Å²) in [5, 5.41) is 2.84. The summed E-state index contributed by atoms with van der Waals surface area (Å²) in [6.07, 6.45) is 1.93. The highest BCUT2D eigenvalue weighted by atomic mass is 16.1. The van der Waals surface area contributed by atoms with Crippen molar-refractivity contribution in [1.29, 1.82) is 0 Å². The first-order valence-electron chi connectivity index (χ1n) is 3.95. The molecule has 1 atom stereocenters. The molecule has 11 heavy (non-hydrogen) atoms. The number of nitrogens with one attached hydrogen (secondary N) is 1. The third-order valence-electron chi connectivity index (χ3n) is 1.87. The molecule has 66 valence electrons. The van der Waals surface area contributed by atoms with Gasteiger partial charge < -0.3 is 5.32 Å². The van der Waals surface area contributed by atoms with E-state index in [4.69, 9.17) is 0 Å². The molecule has 1 rings (SSSR count). The van der Waals surface area contributed by atoms with Gasteiger partial charge in [0.1, 0.15) is 0 Å². The summed E-state index contributed by atoms with van der Waals surface area (Å²) in [5.74, 6) is 1.55. The second kappa shape index (κ2) is 4.37. The molecular formula is C9H19NO. The van der Waals surface area contributed by atoms with E-state index in [0.717, 1.165) is 18.9 Å². The maximum atomic E-state index is 10.7. The zero-order valence-corrected chi connectivity index (χ0v) is 6.68. The highest BCUT2D eigenvalue weighted by Crippen LogP contribution is 2.17. The second-order valence-electron chi connectivity index (χ2n) is 3.50. The van der Waals surface area contributed by atoms with Crippen LogP contribution < -0.4 is 5.32 Å². The van der Waals surface area contributed by atoms with Crippen molar-refractivity contribution in [3.05, 3.63) is 0 Å². The maximum absolute atomic E-state index is 10.7. The Morgan fingerprint density at radius 2 is 2.27 bits per heavy atom. The van der Waals surface area contributed by atoms with E-state index in [-0.39, 0.29) is 13.3 Å². The fourth-order valence-corrected chi connectivity index (χ4v) is 1.50. The van der Waals surface area contributed by atoms with Crippen LogP contribution in [0.2, 0.25) is 0 Å². The van der Waals surface area contributed by atoms with Gasteiger partial charge >= 0.3 is 0 Å². The average Bonchev–Trinajstić information content (AvgIpc) is 2.13. The minimum Gasteiger partial charge on any atom is -0.356 e. The highest BCUT2D eigenvalue weighted by Gasteiger charge is 2.21. The van der Waals surface area contributed by atoms with Crippen molar-refractivity contribution in [3.8, 4) is 0 Å². The quantitative estimate of drug-likeness (QED) is 0.650. The molecule has 1 heterocycles. The lowest BCUT2D eigenvalue weighted by Gasteiger charge is -2.08. The van der Waals surface area contributed by atoms with Crippen molar-refractivity contribution in [2.24, 2.45) is 11.8 Å². The van der Waals surface area contributed by atoms with E-state index < -0.39 is 0 Å². The number of hydrogen-bond acceptors (Lipinski definition) is 1. The standard InChI is InChI=1S/C8H15NO.CH4/c1-6(2)3-7-4-8(10)9-5-7;/h6-7H,3-5H2,1-2H3,(H,9,10);1H4/t7-;/m0./s1. The Balaban J connectivity index is 0.000001000. The van der Waals surface area contributed by atoms with E-state index in [1.165, 1.54) is 6.42 Å². The lowest BCUT2D eigenvalue weighted by Crippen LogP contribution is -2.14. The molecule has 1 aliphatic heterocycles. The zero-order valence-electron chi connectivity index (χ0n) is 6.68. The monoisotopic (exact) mass is 157 g/mol. The summed E-state index contributed by atoms with van der Waals surface area (Å²) in [6, 6.07) is 0. The lowest BCUT2D eigenvalue weighted by molar-refractivity contribution is -0.119. The number of hydrogen-bond donors (Lipinski definition) is 1. The Morgan fingerprint density at radius 3 is 2.64 bits per heavy atom. The van der Waals surface area contributed by atoms with E-state index in [1.807, 2.05) is 0 Å². The van der Waals surface area contributed by atoms with E-state index in [9.17, 15) is 4.79 Å². The summed E-state index contributed by atoms with van der Waals surface area (Å²) in [7, 11) is 0. The van der Waals surface area contributed by atoms with E-state index in [1.54, 1.807) is 0 Å². The van der Waals surface area contributed by atoms with Crippen molar-refractivity contribution < 1.29 is 4.79 Å². The van der Waals surface area contributed by atoms with Crippen LogP contribution in [0.4, 0.5) is 0 Å². The van der Waals surface area contributed by atoms with E-state index in [2.05, 4.69) is 19.2 Å². The largest absolute Gasteiger partial charge is 0.356 e. The van der Waals surface area contributed by atoms with Gasteiger partial charge in [-0.2, -0.15) is 0 Å². The minimum absolute atomic E-state index is 0. The van der Waals surface area contributed by atoms with Gasteiger partial charge in [0.2, 0.25) is 5.91 Å². The second-order valence-corrected chi connectivity index (χ2v) is 3.50. The molecule has 1 saturated heterocycles. The van der Waals surface area contributed by atoms with Crippen LogP contribution in [0, 0.1) is 11.8 Å². The van der Waals surface area contributed by atoms with Crippen LogP contribution in [-0.4, -0.2) is 12.5 Å². The van der Waals surface area contributed by atoms with E-state index >= 15 is 0 Å². The average molecular weight is 157 g/mol. The van der Waals surface area contributed by atoms with Crippen molar-refractivity contribution in [2.45, 2.75) is 34.1 Å². The normalized spacial score (nSPS) is 23.2. The molecule has 0 spiro atoms. The molecule has 2 heteroatoms. The van der Waals surface area contributed by atoms with Gasteiger partial charge in [-0.3, -0.25) is 4.79 Å². The molecule has 2 nitrogen and oxygen atoms in total. The summed E-state index contributed by atoms with van der Waals surface area (Å²) in [5.41, 5.74) is 0. The van der Waals surface area contributed by atoms with Gasteiger partial charge in [0.25, 0.3) is 0 Å². The van der Waals surface area contributed by atoms with E-state index in [0.29, 0.717) is 5.92 Å². The summed E-state index contributed by atoms with van der Waals surface area (Å²) < 4.78 is 0.